The van der Waals surface area contributed by atoms with Crippen molar-refractivity contribution in [2.24, 2.45) is 0 Å². The van der Waals surface area contributed by atoms with Crippen molar-refractivity contribution >= 4 is 26.8 Å². The quantitative estimate of drug-likeness (QED) is 0.379. The number of nitrogens with one attached hydrogen (secondary N) is 1. The normalized spacial score (nSPS) is 15.7. The molecular weight excluding hydrogens is 482 g/mol. The number of anilines is 1. The minimum Gasteiger partial charge on any atom is -0.495 e. The van der Waals surface area contributed by atoms with Crippen molar-refractivity contribution < 1.29 is 31.2 Å². The summed E-state index contributed by atoms with van der Waals surface area (Å²) in [7, 11) is -1.57. The van der Waals surface area contributed by atoms with Gasteiger partial charge in [0.05, 0.1) is 26.2 Å². The first kappa shape index (κ1) is 23.1. The van der Waals surface area contributed by atoms with Gasteiger partial charge in [-0.25, -0.2) is 17.2 Å². The Bertz CT molecular complexity index is 1460. The summed E-state index contributed by atoms with van der Waals surface area (Å²) < 4.78 is 74.3. The topological polar surface area (TPSA) is 108 Å². The molecule has 0 amide bonds. The molecule has 9 nitrogen and oxygen atoms in total. The van der Waals surface area contributed by atoms with Crippen molar-refractivity contribution in [1.29, 1.82) is 0 Å². The summed E-state index contributed by atoms with van der Waals surface area (Å²) >= 11 is 0. The van der Waals surface area contributed by atoms with Crippen molar-refractivity contribution in [2.75, 3.05) is 18.9 Å². The lowest BCUT2D eigenvalue weighted by atomic mass is 9.75. The smallest absolute Gasteiger partial charge is 0.270 e. The number of rotatable bonds is 8. The zero-order valence-electron chi connectivity index (χ0n) is 18.9. The number of ether oxygens (including phenoxy) is 2. The van der Waals surface area contributed by atoms with Crippen LogP contribution in [-0.2, 0) is 16.6 Å². The minimum atomic E-state index is -4.25. The molecule has 0 bridgehead atoms. The third-order valence-corrected chi connectivity index (χ3v) is 7.38. The number of sulfonamides is 1. The van der Waals surface area contributed by atoms with Crippen LogP contribution in [0.2, 0.25) is 0 Å². The van der Waals surface area contributed by atoms with Gasteiger partial charge in [0.25, 0.3) is 10.0 Å². The molecule has 2 heterocycles. The SMILES string of the molecule is COc1cccc(OC)c1S(=O)(=O)Nc1noc2cc(Cn3cccn3)cc(C3CC(F)(F)C3)c12. The Morgan fingerprint density at radius 1 is 1.17 bits per heavy atom. The number of benzene rings is 2. The predicted octanol–water partition coefficient (Wildman–Crippen LogP) is 4.40. The molecule has 1 saturated carbocycles. The number of methoxy groups -OCH3 is 2. The number of hydrogen-bond donors (Lipinski definition) is 1. The molecular formula is C23H22F2N4O5S. The van der Waals surface area contributed by atoms with Crippen LogP contribution in [0.3, 0.4) is 0 Å². The predicted molar refractivity (Wildman–Crippen MR) is 123 cm³/mol. The highest BCUT2D eigenvalue weighted by Gasteiger charge is 2.47. The highest BCUT2D eigenvalue weighted by molar-refractivity contribution is 7.93. The van der Waals surface area contributed by atoms with Crippen LogP contribution >= 0.6 is 0 Å². The molecule has 1 N–H and O–H groups in total. The van der Waals surface area contributed by atoms with E-state index in [1.165, 1.54) is 26.4 Å². The zero-order chi connectivity index (χ0) is 24.8. The van der Waals surface area contributed by atoms with Gasteiger partial charge >= 0.3 is 0 Å². The Balaban J connectivity index is 1.59. The molecule has 1 aliphatic rings. The van der Waals surface area contributed by atoms with Gasteiger partial charge in [-0.15, -0.1) is 0 Å². The van der Waals surface area contributed by atoms with Crippen LogP contribution in [0.4, 0.5) is 14.6 Å². The molecule has 1 fully saturated rings. The largest absolute Gasteiger partial charge is 0.495 e. The summed E-state index contributed by atoms with van der Waals surface area (Å²) in [6, 6.07) is 9.83. The van der Waals surface area contributed by atoms with E-state index in [4.69, 9.17) is 14.0 Å². The van der Waals surface area contributed by atoms with Crippen LogP contribution in [0.15, 0.2) is 58.2 Å². The second kappa shape index (κ2) is 8.52. The maximum absolute atomic E-state index is 13.8. The standard InChI is InChI=1S/C23H22F2N4O5S/c1-32-17-5-3-6-18(33-2)21(17)35(30,31)28-22-20-16(15-11-23(24,25)12-15)9-14(10-19(20)34-27-22)13-29-8-4-7-26-29/h3-10,15H,11-13H2,1-2H3,(H,27,28). The third kappa shape index (κ3) is 4.29. The summed E-state index contributed by atoms with van der Waals surface area (Å²) in [5.74, 6) is -3.19. The van der Waals surface area contributed by atoms with E-state index in [9.17, 15) is 17.2 Å². The van der Waals surface area contributed by atoms with E-state index in [-0.39, 0.29) is 40.6 Å². The van der Waals surface area contributed by atoms with Crippen LogP contribution < -0.4 is 14.2 Å². The molecule has 2 aromatic carbocycles. The van der Waals surface area contributed by atoms with Gasteiger partial charge in [-0.3, -0.25) is 9.40 Å². The highest BCUT2D eigenvalue weighted by atomic mass is 32.2. The van der Waals surface area contributed by atoms with Gasteiger partial charge in [0.15, 0.2) is 16.3 Å². The lowest BCUT2D eigenvalue weighted by Gasteiger charge is -2.35. The zero-order valence-corrected chi connectivity index (χ0v) is 19.7. The van der Waals surface area contributed by atoms with Gasteiger partial charge in [-0.1, -0.05) is 17.3 Å². The van der Waals surface area contributed by atoms with Crippen LogP contribution in [-0.4, -0.2) is 43.5 Å². The van der Waals surface area contributed by atoms with Crippen LogP contribution in [0.5, 0.6) is 11.5 Å². The molecule has 184 valence electrons. The average molecular weight is 505 g/mol. The van der Waals surface area contributed by atoms with E-state index in [0.717, 1.165) is 5.56 Å². The van der Waals surface area contributed by atoms with Crippen molar-refractivity contribution in [1.82, 2.24) is 14.9 Å². The van der Waals surface area contributed by atoms with Crippen LogP contribution in [0, 0.1) is 0 Å². The van der Waals surface area contributed by atoms with Crippen LogP contribution in [0.25, 0.3) is 11.0 Å². The highest BCUT2D eigenvalue weighted by Crippen LogP contribution is 2.51. The summed E-state index contributed by atoms with van der Waals surface area (Å²) in [6.07, 6.45) is 2.73. The third-order valence-electron chi connectivity index (χ3n) is 5.98. The summed E-state index contributed by atoms with van der Waals surface area (Å²) in [6.45, 7) is 0.388. The van der Waals surface area contributed by atoms with E-state index < -0.39 is 21.9 Å². The van der Waals surface area contributed by atoms with Gasteiger partial charge in [-0.2, -0.15) is 5.10 Å². The van der Waals surface area contributed by atoms with Gasteiger partial charge < -0.3 is 14.0 Å². The van der Waals surface area contributed by atoms with E-state index >= 15 is 0 Å². The van der Waals surface area contributed by atoms with Gasteiger partial charge in [0.2, 0.25) is 5.92 Å². The Morgan fingerprint density at radius 2 is 1.89 bits per heavy atom. The van der Waals surface area contributed by atoms with Gasteiger partial charge in [0.1, 0.15) is 11.5 Å². The van der Waals surface area contributed by atoms with Crippen molar-refractivity contribution in [3.8, 4) is 11.5 Å². The first-order chi connectivity index (χ1) is 16.7. The number of nitrogens with zero attached hydrogens (tertiary/aromatic N) is 3. The number of halogens is 2. The van der Waals surface area contributed by atoms with Crippen molar-refractivity contribution in [3.05, 3.63) is 59.9 Å². The Labute approximate surface area is 199 Å². The molecule has 0 unspecified atom stereocenters. The first-order valence-corrected chi connectivity index (χ1v) is 12.2. The van der Waals surface area contributed by atoms with Gasteiger partial charge in [-0.05, 0) is 41.3 Å². The molecule has 12 heteroatoms. The minimum absolute atomic E-state index is 0.0741. The Morgan fingerprint density at radius 3 is 2.49 bits per heavy atom. The Hall–Kier alpha value is -3.67. The molecule has 35 heavy (non-hydrogen) atoms. The van der Waals surface area contributed by atoms with E-state index in [1.54, 1.807) is 41.3 Å². The van der Waals surface area contributed by atoms with Crippen LogP contribution in [0.1, 0.15) is 29.9 Å². The summed E-state index contributed by atoms with van der Waals surface area (Å²) in [4.78, 5) is -0.215. The Kier molecular flexibility index (Phi) is 5.62. The summed E-state index contributed by atoms with van der Waals surface area (Å²) in [5.41, 5.74) is 1.59. The maximum Gasteiger partial charge on any atom is 0.270 e. The van der Waals surface area contributed by atoms with E-state index in [1.807, 2.05) is 0 Å². The fourth-order valence-electron chi connectivity index (χ4n) is 4.37. The second-order valence-electron chi connectivity index (χ2n) is 8.35. The van der Waals surface area contributed by atoms with E-state index in [0.29, 0.717) is 17.5 Å². The van der Waals surface area contributed by atoms with E-state index in [2.05, 4.69) is 15.0 Å². The van der Waals surface area contributed by atoms with Crippen molar-refractivity contribution in [2.45, 2.75) is 36.1 Å². The lowest BCUT2D eigenvalue weighted by Crippen LogP contribution is -2.33. The maximum atomic E-state index is 13.8. The molecule has 4 aromatic rings. The molecule has 0 spiro atoms. The fourth-order valence-corrected chi connectivity index (χ4v) is 5.70. The summed E-state index contributed by atoms with van der Waals surface area (Å²) in [5, 5.41) is 8.45. The molecule has 0 aliphatic heterocycles. The first-order valence-electron chi connectivity index (χ1n) is 10.7. The molecule has 5 rings (SSSR count). The average Bonchev–Trinajstić information content (AvgIpc) is 3.46. The number of fused-ring (bicyclic) bond motifs is 1. The van der Waals surface area contributed by atoms with Crippen molar-refractivity contribution in [3.63, 3.8) is 0 Å². The molecule has 0 saturated heterocycles. The second-order valence-corrected chi connectivity index (χ2v) is 9.97. The lowest BCUT2D eigenvalue weighted by molar-refractivity contribution is -0.0864. The number of aromatic nitrogens is 3. The monoisotopic (exact) mass is 504 g/mol. The number of alkyl halides is 2. The molecule has 2 aromatic heterocycles. The molecule has 0 radical (unpaired) electrons. The number of hydrogen-bond acceptors (Lipinski definition) is 7. The van der Waals surface area contributed by atoms with Gasteiger partial charge in [0, 0.05) is 25.2 Å². The molecule has 1 aliphatic carbocycles. The fraction of sp³-hybridized carbons (Fsp3) is 0.304. The molecule has 0 atom stereocenters.